The predicted octanol–water partition coefficient (Wildman–Crippen LogP) is 10.9. The third-order valence-electron chi connectivity index (χ3n) is 7.28. The third-order valence-corrected chi connectivity index (χ3v) is 7.28. The van der Waals surface area contributed by atoms with Crippen LogP contribution in [-0.4, -0.2) is 0 Å². The van der Waals surface area contributed by atoms with Crippen molar-refractivity contribution in [2.45, 2.75) is 0 Å². The smallest absolute Gasteiger partial charge is 0.135 e. The second kappa shape index (κ2) is 10.4. The molecule has 0 saturated heterocycles. The number of fused-ring (bicyclic) bond motifs is 1. The molecule has 0 aliphatic heterocycles. The first-order valence-electron chi connectivity index (χ1n) is 13.5. The van der Waals surface area contributed by atoms with Crippen molar-refractivity contribution < 1.29 is 4.42 Å². The van der Waals surface area contributed by atoms with Crippen LogP contribution in [0.3, 0.4) is 0 Å². The molecule has 1 heterocycles. The van der Waals surface area contributed by atoms with Gasteiger partial charge < -0.3 is 9.32 Å². The van der Waals surface area contributed by atoms with E-state index in [1.165, 1.54) is 22.3 Å². The zero-order chi connectivity index (χ0) is 26.7. The van der Waals surface area contributed by atoms with Crippen LogP contribution in [0, 0.1) is 0 Å². The predicted molar refractivity (Wildman–Crippen MR) is 167 cm³/mol. The Bertz CT molecular complexity index is 1800. The summed E-state index contributed by atoms with van der Waals surface area (Å²) in [6.07, 6.45) is 0. The van der Waals surface area contributed by atoms with Crippen LogP contribution in [0.2, 0.25) is 0 Å². The molecule has 7 aromatic rings. The van der Waals surface area contributed by atoms with Gasteiger partial charge in [-0.25, -0.2) is 0 Å². The number of hydrogen-bond donors (Lipinski definition) is 0. The summed E-state index contributed by atoms with van der Waals surface area (Å²) in [5.41, 5.74) is 10.1. The molecular formula is C38H27NO. The molecule has 0 aliphatic carbocycles. The van der Waals surface area contributed by atoms with Crippen LogP contribution in [0.1, 0.15) is 0 Å². The molecule has 0 spiro atoms. The largest absolute Gasteiger partial charge is 0.456 e. The summed E-state index contributed by atoms with van der Waals surface area (Å²) in [6, 6.07) is 57.3. The third kappa shape index (κ3) is 4.68. The first kappa shape index (κ1) is 23.8. The Balaban J connectivity index is 1.15. The zero-order valence-electron chi connectivity index (χ0n) is 21.9. The fourth-order valence-corrected chi connectivity index (χ4v) is 5.24. The number of para-hydroxylation sites is 3. The van der Waals surface area contributed by atoms with Crippen LogP contribution in [0.5, 0.6) is 0 Å². The Labute approximate surface area is 234 Å². The summed E-state index contributed by atoms with van der Waals surface area (Å²) >= 11 is 0. The van der Waals surface area contributed by atoms with Gasteiger partial charge >= 0.3 is 0 Å². The summed E-state index contributed by atoms with van der Waals surface area (Å²) in [5.74, 6) is 0.889. The number of anilines is 3. The highest BCUT2D eigenvalue weighted by molar-refractivity contribution is 5.84. The Morgan fingerprint density at radius 1 is 0.350 bits per heavy atom. The maximum atomic E-state index is 6.10. The minimum Gasteiger partial charge on any atom is -0.456 e. The van der Waals surface area contributed by atoms with E-state index in [1.54, 1.807) is 0 Å². The van der Waals surface area contributed by atoms with Crippen molar-refractivity contribution in [3.63, 3.8) is 0 Å². The van der Waals surface area contributed by atoms with Crippen molar-refractivity contribution in [2.24, 2.45) is 0 Å². The molecule has 0 bridgehead atoms. The Morgan fingerprint density at radius 3 is 1.48 bits per heavy atom. The molecule has 0 unspecified atom stereocenters. The molecule has 0 aliphatic rings. The van der Waals surface area contributed by atoms with Gasteiger partial charge in [-0.2, -0.15) is 0 Å². The van der Waals surface area contributed by atoms with Gasteiger partial charge in [-0.1, -0.05) is 109 Å². The first-order chi connectivity index (χ1) is 19.8. The van der Waals surface area contributed by atoms with Crippen molar-refractivity contribution >= 4 is 28.0 Å². The molecule has 0 amide bonds. The van der Waals surface area contributed by atoms with Gasteiger partial charge in [0.1, 0.15) is 11.3 Å². The molecule has 0 N–H and O–H groups in total. The topological polar surface area (TPSA) is 16.4 Å². The molecular weight excluding hydrogens is 486 g/mol. The molecule has 0 atom stereocenters. The highest BCUT2D eigenvalue weighted by Crippen LogP contribution is 2.36. The second-order valence-corrected chi connectivity index (χ2v) is 9.86. The zero-order valence-corrected chi connectivity index (χ0v) is 21.9. The minimum atomic E-state index is 0.889. The van der Waals surface area contributed by atoms with Gasteiger partial charge in [-0.3, -0.25) is 0 Å². The Hall–Kier alpha value is -5.34. The lowest BCUT2D eigenvalue weighted by molar-refractivity contribution is 0.631. The molecule has 6 aromatic carbocycles. The minimum absolute atomic E-state index is 0.889. The van der Waals surface area contributed by atoms with E-state index in [-0.39, 0.29) is 0 Å². The fourth-order valence-electron chi connectivity index (χ4n) is 5.24. The van der Waals surface area contributed by atoms with Crippen molar-refractivity contribution in [1.29, 1.82) is 0 Å². The van der Waals surface area contributed by atoms with Crippen LogP contribution in [0.4, 0.5) is 17.1 Å². The van der Waals surface area contributed by atoms with E-state index in [0.29, 0.717) is 0 Å². The average Bonchev–Trinajstić information content (AvgIpc) is 3.48. The number of benzene rings is 6. The Morgan fingerprint density at radius 2 is 0.850 bits per heavy atom. The number of furan rings is 1. The van der Waals surface area contributed by atoms with Gasteiger partial charge in [0.15, 0.2) is 0 Å². The van der Waals surface area contributed by atoms with Crippen molar-refractivity contribution in [1.82, 2.24) is 0 Å². The van der Waals surface area contributed by atoms with Crippen LogP contribution < -0.4 is 4.90 Å². The highest BCUT2D eigenvalue weighted by atomic mass is 16.3. The van der Waals surface area contributed by atoms with E-state index in [4.69, 9.17) is 4.42 Å². The summed E-state index contributed by atoms with van der Waals surface area (Å²) in [4.78, 5) is 2.28. The Kier molecular flexibility index (Phi) is 6.20. The van der Waals surface area contributed by atoms with Gasteiger partial charge in [0.2, 0.25) is 0 Å². The van der Waals surface area contributed by atoms with E-state index in [0.717, 1.165) is 39.4 Å². The molecule has 2 nitrogen and oxygen atoms in total. The summed E-state index contributed by atoms with van der Waals surface area (Å²) in [6.45, 7) is 0. The first-order valence-corrected chi connectivity index (χ1v) is 13.5. The lowest BCUT2D eigenvalue weighted by Crippen LogP contribution is -2.09. The highest BCUT2D eigenvalue weighted by Gasteiger charge is 2.12. The number of rotatable bonds is 6. The van der Waals surface area contributed by atoms with Gasteiger partial charge in [-0.05, 0) is 76.9 Å². The van der Waals surface area contributed by atoms with Crippen LogP contribution in [0.25, 0.3) is 44.5 Å². The SMILES string of the molecule is c1ccc(N(c2ccccc2)c2ccc(-c3ccc(-c4cccc(-c5cc6ccccc6o5)c4)cc3)cc2)cc1. The van der Waals surface area contributed by atoms with Crippen molar-refractivity contribution in [3.05, 3.63) is 164 Å². The normalized spacial score (nSPS) is 11.0. The van der Waals surface area contributed by atoms with Crippen LogP contribution >= 0.6 is 0 Å². The second-order valence-electron chi connectivity index (χ2n) is 9.86. The lowest BCUT2D eigenvalue weighted by atomic mass is 9.98. The van der Waals surface area contributed by atoms with Gasteiger partial charge in [0.05, 0.1) is 0 Å². The summed E-state index contributed by atoms with van der Waals surface area (Å²) in [5, 5.41) is 1.12. The van der Waals surface area contributed by atoms with E-state index >= 15 is 0 Å². The standard InChI is InChI=1S/C38H27NO/c1-3-13-34(14-4-1)39(35-15-5-2-6-16-35)36-24-22-29(23-25-36)28-18-20-30(21-19-28)31-11-9-12-32(26-31)38-27-33-10-7-8-17-37(33)40-38/h1-27H. The van der Waals surface area contributed by atoms with E-state index in [1.807, 2.05) is 18.2 Å². The van der Waals surface area contributed by atoms with Gasteiger partial charge in [-0.15, -0.1) is 0 Å². The number of hydrogen-bond acceptors (Lipinski definition) is 2. The maximum Gasteiger partial charge on any atom is 0.135 e. The van der Waals surface area contributed by atoms with Crippen molar-refractivity contribution in [2.75, 3.05) is 4.90 Å². The molecule has 1 aromatic heterocycles. The van der Waals surface area contributed by atoms with Gasteiger partial charge in [0, 0.05) is 28.0 Å². The molecule has 0 fully saturated rings. The molecule has 0 radical (unpaired) electrons. The quantitative estimate of drug-likeness (QED) is 0.220. The van der Waals surface area contributed by atoms with E-state index in [9.17, 15) is 0 Å². The van der Waals surface area contributed by atoms with E-state index in [2.05, 4.69) is 150 Å². The molecule has 0 saturated carbocycles. The maximum absolute atomic E-state index is 6.10. The molecule has 40 heavy (non-hydrogen) atoms. The summed E-state index contributed by atoms with van der Waals surface area (Å²) < 4.78 is 6.10. The van der Waals surface area contributed by atoms with Crippen molar-refractivity contribution in [3.8, 4) is 33.6 Å². The monoisotopic (exact) mass is 513 g/mol. The summed E-state index contributed by atoms with van der Waals surface area (Å²) in [7, 11) is 0. The van der Waals surface area contributed by atoms with E-state index < -0.39 is 0 Å². The molecule has 190 valence electrons. The average molecular weight is 514 g/mol. The molecule has 7 rings (SSSR count). The molecule has 2 heteroatoms. The van der Waals surface area contributed by atoms with Gasteiger partial charge in [0.25, 0.3) is 0 Å². The van der Waals surface area contributed by atoms with Crippen LogP contribution in [-0.2, 0) is 0 Å². The number of nitrogens with zero attached hydrogens (tertiary/aromatic N) is 1. The fraction of sp³-hybridized carbons (Fsp3) is 0. The van der Waals surface area contributed by atoms with Crippen LogP contribution in [0.15, 0.2) is 168 Å². The lowest BCUT2D eigenvalue weighted by Gasteiger charge is -2.25.